The number of imidazole rings is 1. The van der Waals surface area contributed by atoms with Crippen LogP contribution in [0.3, 0.4) is 0 Å². The molecule has 0 saturated heterocycles. The molecule has 0 bridgehead atoms. The van der Waals surface area contributed by atoms with Crippen LogP contribution in [0, 0.1) is 12.7 Å². The molecule has 0 spiro atoms. The minimum absolute atomic E-state index is 0.0775. The Bertz CT molecular complexity index is 1190. The highest BCUT2D eigenvalue weighted by Crippen LogP contribution is 2.33. The van der Waals surface area contributed by atoms with Gasteiger partial charge in [0, 0.05) is 17.6 Å². The van der Waals surface area contributed by atoms with Crippen LogP contribution in [0.2, 0.25) is 0 Å². The number of nitrogens with zero attached hydrogens (tertiary/aromatic N) is 4. The number of carbonyl (C=O) groups excluding carboxylic acids is 1. The van der Waals surface area contributed by atoms with E-state index in [2.05, 4.69) is 26.4 Å². The maximum absolute atomic E-state index is 14.4. The van der Waals surface area contributed by atoms with Crippen molar-refractivity contribution in [2.45, 2.75) is 19.6 Å². The Morgan fingerprint density at radius 3 is 2.87 bits per heavy atom. The molecule has 156 valence electrons. The van der Waals surface area contributed by atoms with E-state index in [0.717, 1.165) is 15.7 Å². The Morgan fingerprint density at radius 1 is 1.40 bits per heavy atom. The van der Waals surface area contributed by atoms with Crippen molar-refractivity contribution >= 4 is 33.9 Å². The third kappa shape index (κ3) is 3.79. The van der Waals surface area contributed by atoms with Crippen molar-refractivity contribution in [3.05, 3.63) is 52.0 Å². The van der Waals surface area contributed by atoms with Crippen molar-refractivity contribution in [2.24, 2.45) is 5.10 Å². The maximum atomic E-state index is 14.4. The molecule has 0 radical (unpaired) electrons. The number of aromatic nitrogens is 2. The minimum atomic E-state index is -4.78. The molecule has 1 aliphatic rings. The third-order valence-electron chi connectivity index (χ3n) is 4.37. The second-order valence-electron chi connectivity index (χ2n) is 6.53. The molecule has 30 heavy (non-hydrogen) atoms. The zero-order valence-electron chi connectivity index (χ0n) is 15.5. The lowest BCUT2D eigenvalue weighted by molar-refractivity contribution is -0.449. The smallest absolute Gasteiger partial charge is 0.347 e. The number of amides is 1. The first-order valence-electron chi connectivity index (χ1n) is 8.82. The number of hydrogen-bond donors (Lipinski definition) is 2. The summed E-state index contributed by atoms with van der Waals surface area (Å²) in [6, 6.07) is 6.81. The van der Waals surface area contributed by atoms with E-state index in [1.807, 2.05) is 0 Å². The van der Waals surface area contributed by atoms with Gasteiger partial charge in [-0.15, -0.1) is 11.3 Å². The van der Waals surface area contributed by atoms with Crippen LogP contribution >= 0.6 is 11.3 Å². The molecule has 1 aromatic carbocycles. The second-order valence-corrected chi connectivity index (χ2v) is 7.74. The Kier molecular flexibility index (Phi) is 5.04. The summed E-state index contributed by atoms with van der Waals surface area (Å²) in [4.78, 5) is 19.7. The Labute approximate surface area is 171 Å². The SMILES string of the molecule is Cc1cn2c(C(=O)NCc3ccc(N4CC[NH+]=C=N4)c(F)c3)c(C(F)(F)F)nc2s1. The monoisotopic (exact) mass is 439 g/mol. The van der Waals surface area contributed by atoms with Gasteiger partial charge in [-0.05, 0) is 24.6 Å². The van der Waals surface area contributed by atoms with Crippen LogP contribution in [0.25, 0.3) is 4.96 Å². The van der Waals surface area contributed by atoms with Crippen LogP contribution in [-0.4, -0.2) is 34.4 Å². The fraction of sp³-hybridized carbons (Fsp3) is 0.278. The predicted octanol–water partition coefficient (Wildman–Crippen LogP) is 1.78. The van der Waals surface area contributed by atoms with Crippen molar-refractivity contribution < 1.29 is 27.3 Å². The molecule has 0 aliphatic carbocycles. The van der Waals surface area contributed by atoms with Gasteiger partial charge in [-0.1, -0.05) is 6.07 Å². The summed E-state index contributed by atoms with van der Waals surface area (Å²) in [7, 11) is 0. The molecular formula is C18H15F4N6OS+. The van der Waals surface area contributed by atoms with Gasteiger partial charge >= 0.3 is 12.2 Å². The fourth-order valence-corrected chi connectivity index (χ4v) is 3.87. The van der Waals surface area contributed by atoms with Crippen LogP contribution in [-0.2, 0) is 12.7 Å². The van der Waals surface area contributed by atoms with Gasteiger partial charge in [0.2, 0.25) is 0 Å². The second kappa shape index (κ2) is 7.54. The lowest BCUT2D eigenvalue weighted by Crippen LogP contribution is -2.71. The molecule has 0 fully saturated rings. The number of hydrogen-bond acceptors (Lipinski definition) is 5. The number of nitrogens with one attached hydrogen (secondary N) is 2. The minimum Gasteiger partial charge on any atom is -0.347 e. The molecule has 0 unspecified atom stereocenters. The zero-order valence-corrected chi connectivity index (χ0v) is 16.4. The van der Waals surface area contributed by atoms with Gasteiger partial charge in [-0.3, -0.25) is 9.20 Å². The van der Waals surface area contributed by atoms with E-state index in [1.54, 1.807) is 13.0 Å². The fourth-order valence-electron chi connectivity index (χ4n) is 3.04. The highest BCUT2D eigenvalue weighted by molar-refractivity contribution is 7.17. The Morgan fingerprint density at radius 2 is 2.20 bits per heavy atom. The summed E-state index contributed by atoms with van der Waals surface area (Å²) < 4.78 is 55.6. The topological polar surface area (TPSA) is 76.0 Å². The van der Waals surface area contributed by atoms with Crippen molar-refractivity contribution in [2.75, 3.05) is 18.1 Å². The first kappa shape index (κ1) is 20.0. The van der Waals surface area contributed by atoms with E-state index in [4.69, 9.17) is 0 Å². The predicted molar refractivity (Wildman–Crippen MR) is 101 cm³/mol. The summed E-state index contributed by atoms with van der Waals surface area (Å²) in [6.45, 7) is 2.57. The quantitative estimate of drug-likeness (QED) is 0.609. The summed E-state index contributed by atoms with van der Waals surface area (Å²) in [5, 5.41) is 7.77. The molecule has 0 saturated carbocycles. The third-order valence-corrected chi connectivity index (χ3v) is 5.27. The van der Waals surface area contributed by atoms with E-state index in [-0.39, 0.29) is 17.2 Å². The molecule has 4 rings (SSSR count). The number of aryl methyl sites for hydroxylation is 1. The van der Waals surface area contributed by atoms with Gasteiger partial charge < -0.3 is 5.32 Å². The maximum Gasteiger partial charge on any atom is 0.435 e. The molecule has 3 heterocycles. The van der Waals surface area contributed by atoms with Gasteiger partial charge in [-0.25, -0.2) is 14.4 Å². The van der Waals surface area contributed by atoms with Gasteiger partial charge in [0.05, 0.1) is 0 Å². The molecule has 2 aromatic heterocycles. The highest BCUT2D eigenvalue weighted by atomic mass is 32.1. The van der Waals surface area contributed by atoms with Gasteiger partial charge in [-0.2, -0.15) is 18.2 Å². The molecular weight excluding hydrogens is 424 g/mol. The number of carbonyl (C=O) groups is 1. The first-order valence-corrected chi connectivity index (χ1v) is 9.64. The Hall–Kier alpha value is -3.24. The normalized spacial score (nSPS) is 14.0. The number of benzene rings is 1. The van der Waals surface area contributed by atoms with Crippen molar-refractivity contribution in [3.63, 3.8) is 0 Å². The van der Waals surface area contributed by atoms with E-state index >= 15 is 0 Å². The number of hydrazone groups is 1. The van der Waals surface area contributed by atoms with Gasteiger partial charge in [0.15, 0.2) is 16.5 Å². The van der Waals surface area contributed by atoms with Crippen LogP contribution in [0.1, 0.15) is 26.6 Å². The average molecular weight is 439 g/mol. The van der Waals surface area contributed by atoms with Gasteiger partial charge in [0.1, 0.15) is 29.6 Å². The van der Waals surface area contributed by atoms with Gasteiger partial charge in [0.25, 0.3) is 5.91 Å². The number of thiazole rings is 1. The average Bonchev–Trinajstić information content (AvgIpc) is 3.22. The van der Waals surface area contributed by atoms with Crippen LogP contribution in [0.5, 0.6) is 0 Å². The summed E-state index contributed by atoms with van der Waals surface area (Å²) in [6.07, 6.45) is -3.35. The zero-order chi connectivity index (χ0) is 21.5. The molecule has 1 aliphatic heterocycles. The van der Waals surface area contributed by atoms with E-state index in [0.29, 0.717) is 23.5 Å². The molecule has 0 atom stereocenters. The standard InChI is InChI=1S/C18H14F4N6OS/c1-10-8-27-14(15(18(20,21)22)26-17(27)30-10)16(29)24-7-11-2-3-13(12(19)6-11)28-5-4-23-9-25-28/h2-3,6,8H,4-5,7H2,1H3,(H,24,29)/p+1. The first-order chi connectivity index (χ1) is 14.2. The van der Waals surface area contributed by atoms with Crippen molar-refractivity contribution in [1.82, 2.24) is 14.7 Å². The van der Waals surface area contributed by atoms with Crippen LogP contribution < -0.4 is 15.3 Å². The summed E-state index contributed by atoms with van der Waals surface area (Å²) in [5.41, 5.74) is -1.21. The molecule has 7 nitrogen and oxygen atoms in total. The Balaban J connectivity index is 1.55. The van der Waals surface area contributed by atoms with Crippen LogP contribution in [0.4, 0.5) is 23.2 Å². The number of alkyl halides is 3. The molecule has 12 heteroatoms. The number of halogens is 4. The summed E-state index contributed by atoms with van der Waals surface area (Å²) >= 11 is 1.05. The number of rotatable bonds is 4. The van der Waals surface area contributed by atoms with Crippen molar-refractivity contribution in [1.29, 1.82) is 0 Å². The van der Waals surface area contributed by atoms with E-state index < -0.39 is 29.3 Å². The largest absolute Gasteiger partial charge is 0.435 e. The summed E-state index contributed by atoms with van der Waals surface area (Å²) in [5.74, 6) is -1.51. The number of anilines is 1. The molecule has 3 aromatic rings. The lowest BCUT2D eigenvalue weighted by atomic mass is 10.2. The van der Waals surface area contributed by atoms with E-state index in [9.17, 15) is 22.4 Å². The van der Waals surface area contributed by atoms with Crippen LogP contribution in [0.15, 0.2) is 29.5 Å². The highest BCUT2D eigenvalue weighted by Gasteiger charge is 2.40. The molecule has 2 N–H and O–H groups in total. The number of fused-ring (bicyclic) bond motifs is 1. The van der Waals surface area contributed by atoms with Crippen molar-refractivity contribution in [3.8, 4) is 0 Å². The molecule has 1 amide bonds. The van der Waals surface area contributed by atoms with E-state index in [1.165, 1.54) is 23.3 Å². The lowest BCUT2D eigenvalue weighted by Gasteiger charge is -2.13.